The predicted octanol–water partition coefficient (Wildman–Crippen LogP) is 0.574. The third-order valence-corrected chi connectivity index (χ3v) is 2.25. The van der Waals surface area contributed by atoms with Gasteiger partial charge in [0.2, 0.25) is 0 Å². The molecule has 17 heavy (non-hydrogen) atoms. The molecule has 0 amide bonds. The molecule has 0 aromatic carbocycles. The summed E-state index contributed by atoms with van der Waals surface area (Å²) in [4.78, 5) is 33.3. The Morgan fingerprint density at radius 1 is 1.24 bits per heavy atom. The van der Waals surface area contributed by atoms with Crippen LogP contribution in [-0.2, 0) is 19.1 Å². The molecule has 6 nitrogen and oxygen atoms in total. The molecule has 2 unspecified atom stereocenters. The van der Waals surface area contributed by atoms with E-state index in [1.165, 1.54) is 0 Å². The first-order valence-corrected chi connectivity index (χ1v) is 5.46. The average molecular weight is 246 g/mol. The molecular formula is C11H18O6. The maximum Gasteiger partial charge on any atom is 0.333 e. The molecule has 0 saturated heterocycles. The number of carbonyl (C=O) groups is 3. The van der Waals surface area contributed by atoms with Gasteiger partial charge in [-0.05, 0) is 12.3 Å². The van der Waals surface area contributed by atoms with Crippen LogP contribution in [0.1, 0.15) is 33.6 Å². The number of carboxylic acid groups (broad SMARTS) is 1. The fraction of sp³-hybridized carbons (Fsp3) is 0.727. The first-order valence-electron chi connectivity index (χ1n) is 5.46. The molecule has 0 aliphatic carbocycles. The van der Waals surface area contributed by atoms with Gasteiger partial charge in [-0.3, -0.25) is 9.59 Å². The molecule has 98 valence electrons. The number of carbonyl (C=O) groups excluding carboxylic acids is 2. The Morgan fingerprint density at radius 2 is 1.76 bits per heavy atom. The van der Waals surface area contributed by atoms with Crippen molar-refractivity contribution in [3.8, 4) is 0 Å². The van der Waals surface area contributed by atoms with E-state index in [9.17, 15) is 19.5 Å². The number of ether oxygens (including phenoxy) is 1. The first kappa shape index (κ1) is 15.6. The van der Waals surface area contributed by atoms with E-state index in [0.717, 1.165) is 0 Å². The summed E-state index contributed by atoms with van der Waals surface area (Å²) in [5.74, 6) is -4.89. The van der Waals surface area contributed by atoms with Gasteiger partial charge in [-0.1, -0.05) is 20.8 Å². The van der Waals surface area contributed by atoms with Gasteiger partial charge in [0.05, 0.1) is 5.92 Å². The number of hydrogen-bond acceptors (Lipinski definition) is 5. The second-order valence-electron chi connectivity index (χ2n) is 4.10. The summed E-state index contributed by atoms with van der Waals surface area (Å²) in [6.07, 6.45) is -1.25. The highest BCUT2D eigenvalue weighted by molar-refractivity contribution is 5.90. The Morgan fingerprint density at radius 3 is 2.12 bits per heavy atom. The zero-order valence-electron chi connectivity index (χ0n) is 10.2. The molecule has 0 bridgehead atoms. The largest absolute Gasteiger partial charge is 0.479 e. The minimum Gasteiger partial charge on any atom is -0.479 e. The van der Waals surface area contributed by atoms with Crippen molar-refractivity contribution < 1.29 is 29.3 Å². The molecule has 2 atom stereocenters. The van der Waals surface area contributed by atoms with E-state index in [2.05, 4.69) is 4.74 Å². The molecule has 0 spiro atoms. The lowest BCUT2D eigenvalue weighted by molar-refractivity contribution is -0.171. The average Bonchev–Trinajstić information content (AvgIpc) is 2.16. The molecule has 0 radical (unpaired) electrons. The van der Waals surface area contributed by atoms with Crippen molar-refractivity contribution in [2.45, 2.75) is 39.7 Å². The second kappa shape index (κ2) is 7.01. The lowest BCUT2D eigenvalue weighted by Crippen LogP contribution is -2.39. The summed E-state index contributed by atoms with van der Waals surface area (Å²) in [6, 6.07) is 0. The maximum absolute atomic E-state index is 11.5. The highest BCUT2D eigenvalue weighted by Crippen LogP contribution is 2.18. The molecule has 6 heteroatoms. The number of aliphatic carboxylic acids is 1. The molecule has 2 N–H and O–H groups in total. The van der Waals surface area contributed by atoms with Gasteiger partial charge >= 0.3 is 17.9 Å². The highest BCUT2D eigenvalue weighted by Gasteiger charge is 2.36. The zero-order valence-corrected chi connectivity index (χ0v) is 10.2. The minimum atomic E-state index is -1.86. The maximum atomic E-state index is 11.5. The number of aliphatic hydroxyl groups is 1. The third kappa shape index (κ3) is 4.95. The third-order valence-electron chi connectivity index (χ3n) is 2.25. The van der Waals surface area contributed by atoms with Crippen LogP contribution < -0.4 is 0 Å². The molecule has 0 aliphatic heterocycles. The quantitative estimate of drug-likeness (QED) is 0.525. The lowest BCUT2D eigenvalue weighted by atomic mass is 9.90. The van der Waals surface area contributed by atoms with Crippen LogP contribution in [0, 0.1) is 11.8 Å². The lowest BCUT2D eigenvalue weighted by Gasteiger charge is -2.21. The van der Waals surface area contributed by atoms with Crippen LogP contribution in [-0.4, -0.2) is 34.2 Å². The van der Waals surface area contributed by atoms with Crippen molar-refractivity contribution in [1.29, 1.82) is 0 Å². The fourth-order valence-electron chi connectivity index (χ4n) is 1.35. The van der Waals surface area contributed by atoms with E-state index in [0.29, 0.717) is 6.42 Å². The summed E-state index contributed by atoms with van der Waals surface area (Å²) in [7, 11) is 0. The van der Waals surface area contributed by atoms with Gasteiger partial charge in [0, 0.05) is 6.42 Å². The van der Waals surface area contributed by atoms with Gasteiger partial charge < -0.3 is 14.9 Å². The molecule has 0 saturated carbocycles. The SMILES string of the molecule is CCCC(=O)OC(=O)C(C(C)C)C(O)C(=O)O. The van der Waals surface area contributed by atoms with Crippen molar-refractivity contribution in [3.63, 3.8) is 0 Å². The van der Waals surface area contributed by atoms with Crippen LogP contribution in [0.5, 0.6) is 0 Å². The van der Waals surface area contributed by atoms with Gasteiger partial charge in [0.15, 0.2) is 6.10 Å². The summed E-state index contributed by atoms with van der Waals surface area (Å²) in [6.45, 7) is 4.89. The first-order chi connectivity index (χ1) is 7.81. The van der Waals surface area contributed by atoms with E-state index in [4.69, 9.17) is 5.11 Å². The second-order valence-corrected chi connectivity index (χ2v) is 4.10. The molecule has 0 aromatic heterocycles. The van der Waals surface area contributed by atoms with Gasteiger partial charge in [0.25, 0.3) is 0 Å². The Kier molecular flexibility index (Phi) is 6.42. The van der Waals surface area contributed by atoms with Crippen LogP contribution in [0.15, 0.2) is 0 Å². The number of esters is 2. The number of carboxylic acids is 1. The van der Waals surface area contributed by atoms with E-state index >= 15 is 0 Å². The highest BCUT2D eigenvalue weighted by atomic mass is 16.6. The number of rotatable bonds is 6. The van der Waals surface area contributed by atoms with Crippen molar-refractivity contribution in [2.75, 3.05) is 0 Å². The molecular weight excluding hydrogens is 228 g/mol. The van der Waals surface area contributed by atoms with E-state index < -0.39 is 35.8 Å². The van der Waals surface area contributed by atoms with E-state index in [-0.39, 0.29) is 6.42 Å². The summed E-state index contributed by atoms with van der Waals surface area (Å²) in [5, 5.41) is 18.0. The molecule has 0 heterocycles. The van der Waals surface area contributed by atoms with Crippen LogP contribution in [0.2, 0.25) is 0 Å². The van der Waals surface area contributed by atoms with E-state index in [1.54, 1.807) is 20.8 Å². The minimum absolute atomic E-state index is 0.0831. The molecule has 0 fully saturated rings. The Hall–Kier alpha value is -1.43. The molecule has 0 aromatic rings. The number of aliphatic hydroxyl groups excluding tert-OH is 1. The van der Waals surface area contributed by atoms with Crippen LogP contribution in [0.25, 0.3) is 0 Å². The van der Waals surface area contributed by atoms with Crippen LogP contribution in [0.3, 0.4) is 0 Å². The van der Waals surface area contributed by atoms with Gasteiger partial charge in [0.1, 0.15) is 0 Å². The van der Waals surface area contributed by atoms with Crippen molar-refractivity contribution in [1.82, 2.24) is 0 Å². The van der Waals surface area contributed by atoms with Gasteiger partial charge in [-0.2, -0.15) is 0 Å². The Balaban J connectivity index is 4.67. The van der Waals surface area contributed by atoms with Crippen LogP contribution >= 0.6 is 0 Å². The Bertz CT molecular complexity index is 296. The zero-order chi connectivity index (χ0) is 13.6. The van der Waals surface area contributed by atoms with Crippen molar-refractivity contribution >= 4 is 17.9 Å². The number of hydrogen-bond donors (Lipinski definition) is 2. The standard InChI is InChI=1S/C11H18O6/c1-4-5-7(12)17-11(16)8(6(2)3)9(13)10(14)15/h6,8-9,13H,4-5H2,1-3H3,(H,14,15). The normalized spacial score (nSPS) is 14.2. The van der Waals surface area contributed by atoms with Gasteiger partial charge in [-0.15, -0.1) is 0 Å². The molecule has 0 rings (SSSR count). The van der Waals surface area contributed by atoms with Crippen molar-refractivity contribution in [2.24, 2.45) is 11.8 Å². The fourth-order valence-corrected chi connectivity index (χ4v) is 1.35. The van der Waals surface area contributed by atoms with Gasteiger partial charge in [-0.25, -0.2) is 4.79 Å². The predicted molar refractivity (Wildman–Crippen MR) is 58.0 cm³/mol. The smallest absolute Gasteiger partial charge is 0.333 e. The summed E-state index contributed by atoms with van der Waals surface area (Å²) < 4.78 is 4.48. The summed E-state index contributed by atoms with van der Waals surface area (Å²) in [5.41, 5.74) is 0. The summed E-state index contributed by atoms with van der Waals surface area (Å²) >= 11 is 0. The van der Waals surface area contributed by atoms with Crippen LogP contribution in [0.4, 0.5) is 0 Å². The topological polar surface area (TPSA) is 101 Å². The van der Waals surface area contributed by atoms with Crippen molar-refractivity contribution in [3.05, 3.63) is 0 Å². The Labute approximate surface area is 99.6 Å². The van der Waals surface area contributed by atoms with E-state index in [1.807, 2.05) is 0 Å². The molecule has 0 aliphatic rings. The monoisotopic (exact) mass is 246 g/mol.